The van der Waals surface area contributed by atoms with Gasteiger partial charge in [0, 0.05) is 1.43 Å². The number of carbonyl (C=O) groups is 1. The van der Waals surface area contributed by atoms with Gasteiger partial charge < -0.3 is 14.8 Å². The summed E-state index contributed by atoms with van der Waals surface area (Å²) >= 11 is 0. The molecule has 1 saturated heterocycles. The molecule has 168 valence electrons. The number of hydrogen-bond acceptors (Lipinski definition) is 3. The zero-order valence-electron chi connectivity index (χ0n) is 19.5. The Labute approximate surface area is 183 Å². The molecule has 0 radical (unpaired) electrons. The Hall–Kier alpha value is -1.81. The molecule has 0 spiro atoms. The van der Waals surface area contributed by atoms with E-state index < -0.39 is 11.6 Å². The molecule has 4 nitrogen and oxygen atoms in total. The van der Waals surface area contributed by atoms with Crippen LogP contribution in [0.4, 0.5) is 4.79 Å². The summed E-state index contributed by atoms with van der Waals surface area (Å²) in [5.41, 5.74) is 2.62. The van der Waals surface area contributed by atoms with Crippen LogP contribution >= 0.6 is 0 Å². The molecule has 3 fully saturated rings. The van der Waals surface area contributed by atoms with Gasteiger partial charge in [0.05, 0.1) is 24.9 Å². The van der Waals surface area contributed by atoms with Gasteiger partial charge in [0.25, 0.3) is 0 Å². The fourth-order valence-corrected chi connectivity index (χ4v) is 5.50. The third-order valence-electron chi connectivity index (χ3n) is 7.36. The number of amides is 1. The fourth-order valence-electron chi connectivity index (χ4n) is 5.50. The summed E-state index contributed by atoms with van der Waals surface area (Å²) in [4.78, 5) is 11.3. The van der Waals surface area contributed by atoms with E-state index in [1.54, 1.807) is 0 Å². The Kier molecular flexibility index (Phi) is 6.96. The number of alkyl carbamates (subject to hydrolysis) is 1. The first kappa shape index (κ1) is 22.9. The number of fused-ring (bicyclic) bond motifs is 1. The molecule has 6 unspecified atom stereocenters. The van der Waals surface area contributed by atoms with Crippen molar-refractivity contribution >= 4 is 11.7 Å². The number of ether oxygens (including phenoxy) is 2. The highest BCUT2D eigenvalue weighted by molar-refractivity contribution is 5.69. The van der Waals surface area contributed by atoms with Gasteiger partial charge in [-0.05, 0) is 74.5 Å². The lowest BCUT2D eigenvalue weighted by atomic mass is 9.79. The van der Waals surface area contributed by atoms with E-state index >= 15 is 0 Å². The Bertz CT molecular complexity index is 776. The third-order valence-corrected chi connectivity index (χ3v) is 7.36. The molecular formula is C26H41NO3. The lowest BCUT2D eigenvalue weighted by molar-refractivity contribution is 0.137. The SMILES string of the molecule is C=C(C)c1cccc(C(C)(C)NC(=O)OC)c1.CC1CCCC1C1C(C)CC2OC21.[HH]. The summed E-state index contributed by atoms with van der Waals surface area (Å²) in [7, 11) is 1.36. The number of carbonyl (C=O) groups excluding carboxylic acids is 1. The van der Waals surface area contributed by atoms with Gasteiger partial charge >= 0.3 is 6.09 Å². The highest BCUT2D eigenvalue weighted by Crippen LogP contribution is 2.54. The van der Waals surface area contributed by atoms with E-state index in [1.807, 2.05) is 45.0 Å². The molecule has 2 aliphatic carbocycles. The average molecular weight is 416 g/mol. The number of allylic oxidation sites excluding steroid dienone is 1. The average Bonchev–Trinajstić information content (AvgIpc) is 3.18. The maximum absolute atomic E-state index is 11.3. The van der Waals surface area contributed by atoms with Crippen molar-refractivity contribution in [2.24, 2.45) is 23.7 Å². The summed E-state index contributed by atoms with van der Waals surface area (Å²) in [5, 5.41) is 2.80. The number of benzene rings is 1. The van der Waals surface area contributed by atoms with Gasteiger partial charge in [0.2, 0.25) is 0 Å². The van der Waals surface area contributed by atoms with E-state index in [0.29, 0.717) is 12.2 Å². The van der Waals surface area contributed by atoms with Gasteiger partial charge in [0.15, 0.2) is 0 Å². The second kappa shape index (κ2) is 9.13. The molecule has 1 heterocycles. The summed E-state index contributed by atoms with van der Waals surface area (Å²) in [6, 6.07) is 7.96. The molecule has 3 aliphatic rings. The van der Waals surface area contributed by atoms with Gasteiger partial charge in [-0.1, -0.05) is 57.0 Å². The maximum Gasteiger partial charge on any atom is 0.407 e. The van der Waals surface area contributed by atoms with Crippen LogP contribution < -0.4 is 5.32 Å². The van der Waals surface area contributed by atoms with Crippen molar-refractivity contribution < 1.29 is 15.7 Å². The van der Waals surface area contributed by atoms with Crippen molar-refractivity contribution in [1.29, 1.82) is 0 Å². The van der Waals surface area contributed by atoms with Crippen molar-refractivity contribution in [3.05, 3.63) is 42.0 Å². The molecule has 1 aliphatic heterocycles. The predicted molar refractivity (Wildman–Crippen MR) is 124 cm³/mol. The van der Waals surface area contributed by atoms with Crippen LogP contribution in [0.15, 0.2) is 30.8 Å². The second-order valence-corrected chi connectivity index (χ2v) is 10.1. The minimum absolute atomic E-state index is 0. The van der Waals surface area contributed by atoms with Gasteiger partial charge in [-0.15, -0.1) is 0 Å². The molecule has 1 aromatic rings. The van der Waals surface area contributed by atoms with Crippen LogP contribution in [0, 0.1) is 23.7 Å². The normalized spacial score (nSPS) is 31.9. The smallest absolute Gasteiger partial charge is 0.407 e. The molecule has 2 saturated carbocycles. The third kappa shape index (κ3) is 5.08. The first-order chi connectivity index (χ1) is 14.1. The first-order valence-corrected chi connectivity index (χ1v) is 11.4. The van der Waals surface area contributed by atoms with E-state index in [0.717, 1.165) is 40.4 Å². The van der Waals surface area contributed by atoms with E-state index in [-0.39, 0.29) is 1.43 Å². The molecular weight excluding hydrogens is 374 g/mol. The van der Waals surface area contributed by atoms with Crippen LogP contribution in [0.25, 0.3) is 5.57 Å². The molecule has 6 atom stereocenters. The molecule has 0 aromatic heterocycles. The van der Waals surface area contributed by atoms with Crippen molar-refractivity contribution in [2.75, 3.05) is 7.11 Å². The molecule has 1 aromatic carbocycles. The second-order valence-electron chi connectivity index (χ2n) is 10.1. The van der Waals surface area contributed by atoms with Gasteiger partial charge in [-0.2, -0.15) is 0 Å². The molecule has 4 rings (SSSR count). The fraction of sp³-hybridized carbons (Fsp3) is 0.654. The zero-order valence-corrected chi connectivity index (χ0v) is 19.5. The van der Waals surface area contributed by atoms with Gasteiger partial charge in [-0.25, -0.2) is 4.79 Å². The molecule has 1 N–H and O–H groups in total. The number of epoxide rings is 1. The summed E-state index contributed by atoms with van der Waals surface area (Å²) in [6.07, 6.45) is 6.67. The minimum Gasteiger partial charge on any atom is -0.453 e. The largest absolute Gasteiger partial charge is 0.453 e. The standard InChI is InChI=1S/C14H19NO2.C12H20O.H2/c1-10(2)11-7-6-8-12(9-11)14(3,4)15-13(16)17-5;1-7-4-3-5-9(7)11-8(2)6-10-12(11)13-10;/h6-9H,1H2,2-5H3,(H,15,16);7-12H,3-6H2,1-2H3;1H. The number of rotatable bonds is 4. The van der Waals surface area contributed by atoms with E-state index in [1.165, 1.54) is 32.8 Å². The summed E-state index contributed by atoms with van der Waals surface area (Å²) in [6.45, 7) is 14.6. The number of methoxy groups -OCH3 is 1. The lowest BCUT2D eigenvalue weighted by Crippen LogP contribution is -2.40. The Morgan fingerprint density at radius 3 is 2.53 bits per heavy atom. The van der Waals surface area contributed by atoms with Crippen molar-refractivity contribution in [1.82, 2.24) is 5.32 Å². The zero-order chi connectivity index (χ0) is 22.1. The van der Waals surface area contributed by atoms with Gasteiger partial charge in [0.1, 0.15) is 0 Å². The van der Waals surface area contributed by atoms with Crippen LogP contribution in [-0.4, -0.2) is 25.4 Å². The molecule has 4 heteroatoms. The van der Waals surface area contributed by atoms with E-state index in [9.17, 15) is 4.79 Å². The Balaban J connectivity index is 0.000000218. The van der Waals surface area contributed by atoms with Crippen LogP contribution in [0.1, 0.15) is 72.9 Å². The number of hydrogen-bond donors (Lipinski definition) is 1. The molecule has 0 bridgehead atoms. The Morgan fingerprint density at radius 1 is 1.27 bits per heavy atom. The minimum atomic E-state index is -0.474. The molecule has 1 amide bonds. The monoisotopic (exact) mass is 415 g/mol. The van der Waals surface area contributed by atoms with E-state index in [2.05, 4.69) is 30.5 Å². The van der Waals surface area contributed by atoms with Crippen LogP contribution in [-0.2, 0) is 15.0 Å². The first-order valence-electron chi connectivity index (χ1n) is 11.4. The van der Waals surface area contributed by atoms with Crippen LogP contribution in [0.5, 0.6) is 0 Å². The summed E-state index contributed by atoms with van der Waals surface area (Å²) in [5.74, 6) is 3.82. The van der Waals surface area contributed by atoms with Crippen molar-refractivity contribution in [3.8, 4) is 0 Å². The van der Waals surface area contributed by atoms with Crippen LogP contribution in [0.3, 0.4) is 0 Å². The highest BCUT2D eigenvalue weighted by Gasteiger charge is 2.57. The predicted octanol–water partition coefficient (Wildman–Crippen LogP) is 6.40. The topological polar surface area (TPSA) is 50.9 Å². The Morgan fingerprint density at radius 2 is 2.00 bits per heavy atom. The summed E-state index contributed by atoms with van der Waals surface area (Å²) < 4.78 is 10.3. The van der Waals surface area contributed by atoms with Gasteiger partial charge in [-0.3, -0.25) is 0 Å². The number of nitrogens with one attached hydrogen (secondary N) is 1. The van der Waals surface area contributed by atoms with Crippen molar-refractivity contribution in [2.45, 2.75) is 78.0 Å². The lowest BCUT2D eigenvalue weighted by Gasteiger charge is -2.27. The van der Waals surface area contributed by atoms with E-state index in [4.69, 9.17) is 4.74 Å². The quantitative estimate of drug-likeness (QED) is 0.579. The maximum atomic E-state index is 11.3. The van der Waals surface area contributed by atoms with Crippen molar-refractivity contribution in [3.63, 3.8) is 0 Å². The van der Waals surface area contributed by atoms with Crippen LogP contribution in [0.2, 0.25) is 0 Å². The molecule has 30 heavy (non-hydrogen) atoms. The highest BCUT2D eigenvalue weighted by atomic mass is 16.6.